The summed E-state index contributed by atoms with van der Waals surface area (Å²) in [5.41, 5.74) is 2.43. The summed E-state index contributed by atoms with van der Waals surface area (Å²) in [5, 5.41) is 9.68. The van der Waals surface area contributed by atoms with Crippen molar-refractivity contribution in [1.82, 2.24) is 4.90 Å². The van der Waals surface area contributed by atoms with Crippen LogP contribution in [-0.2, 0) is 0 Å². The maximum atomic E-state index is 9.68. The Labute approximate surface area is 130 Å². The Balaban J connectivity index is 2.06. The van der Waals surface area contributed by atoms with Crippen molar-refractivity contribution < 1.29 is 5.11 Å². The van der Waals surface area contributed by atoms with Crippen LogP contribution in [-0.4, -0.2) is 41.7 Å². The molecule has 0 saturated carbocycles. The van der Waals surface area contributed by atoms with Gasteiger partial charge in [-0.05, 0) is 45.4 Å². The van der Waals surface area contributed by atoms with E-state index >= 15 is 0 Å². The van der Waals surface area contributed by atoms with E-state index in [2.05, 4.69) is 58.6 Å². The third-order valence-corrected chi connectivity index (χ3v) is 4.71. The van der Waals surface area contributed by atoms with Crippen LogP contribution < -0.4 is 4.90 Å². The zero-order chi connectivity index (χ0) is 14.9. The Morgan fingerprint density at radius 2 is 1.75 bits per heavy atom. The SMILES string of the molecule is C[C@@H](O)c1ccc(N2CCN(C(C)(C)C)CC2)cc1Br. The van der Waals surface area contributed by atoms with Gasteiger partial charge in [0.15, 0.2) is 0 Å². The number of rotatable bonds is 2. The van der Waals surface area contributed by atoms with Crippen LogP contribution in [0.4, 0.5) is 5.69 Å². The van der Waals surface area contributed by atoms with Crippen molar-refractivity contribution in [3.63, 3.8) is 0 Å². The van der Waals surface area contributed by atoms with E-state index in [0.717, 1.165) is 36.2 Å². The van der Waals surface area contributed by atoms with E-state index in [1.807, 2.05) is 6.07 Å². The highest BCUT2D eigenvalue weighted by molar-refractivity contribution is 9.10. The first-order valence-electron chi connectivity index (χ1n) is 7.26. The van der Waals surface area contributed by atoms with Crippen LogP contribution in [0.25, 0.3) is 0 Å². The summed E-state index contributed by atoms with van der Waals surface area (Å²) in [6.07, 6.45) is -0.434. The molecule has 1 aromatic carbocycles. The number of nitrogens with zero attached hydrogens (tertiary/aromatic N) is 2. The predicted octanol–water partition coefficient (Wildman–Crippen LogP) is 3.42. The molecule has 0 bridgehead atoms. The summed E-state index contributed by atoms with van der Waals surface area (Å²) in [4.78, 5) is 4.95. The van der Waals surface area contributed by atoms with Gasteiger partial charge in [-0.3, -0.25) is 4.90 Å². The van der Waals surface area contributed by atoms with Gasteiger partial charge in [0.2, 0.25) is 0 Å². The van der Waals surface area contributed by atoms with Gasteiger partial charge in [0, 0.05) is 41.9 Å². The van der Waals surface area contributed by atoms with Crippen molar-refractivity contribution in [3.05, 3.63) is 28.2 Å². The molecule has 0 aliphatic carbocycles. The molecule has 1 aliphatic rings. The normalized spacial score (nSPS) is 19.2. The topological polar surface area (TPSA) is 26.7 Å². The molecule has 1 N–H and O–H groups in total. The first-order chi connectivity index (χ1) is 9.29. The van der Waals surface area contributed by atoms with Crippen LogP contribution >= 0.6 is 15.9 Å². The van der Waals surface area contributed by atoms with E-state index in [1.165, 1.54) is 5.69 Å². The number of anilines is 1. The number of hydrogen-bond acceptors (Lipinski definition) is 3. The lowest BCUT2D eigenvalue weighted by molar-refractivity contribution is 0.128. The molecule has 20 heavy (non-hydrogen) atoms. The number of halogens is 1. The van der Waals surface area contributed by atoms with Gasteiger partial charge in [0.1, 0.15) is 0 Å². The van der Waals surface area contributed by atoms with Gasteiger partial charge < -0.3 is 10.0 Å². The van der Waals surface area contributed by atoms with Crippen molar-refractivity contribution in [2.24, 2.45) is 0 Å². The van der Waals surface area contributed by atoms with Crippen LogP contribution in [0.2, 0.25) is 0 Å². The third kappa shape index (κ3) is 3.54. The summed E-state index contributed by atoms with van der Waals surface area (Å²) < 4.78 is 0.989. The maximum Gasteiger partial charge on any atom is 0.0772 e. The van der Waals surface area contributed by atoms with Gasteiger partial charge >= 0.3 is 0 Å². The minimum Gasteiger partial charge on any atom is -0.389 e. The fourth-order valence-corrected chi connectivity index (χ4v) is 3.39. The summed E-state index contributed by atoms with van der Waals surface area (Å²) in [5.74, 6) is 0. The second kappa shape index (κ2) is 6.04. The number of hydrogen-bond donors (Lipinski definition) is 1. The average Bonchev–Trinajstić information content (AvgIpc) is 2.37. The summed E-state index contributed by atoms with van der Waals surface area (Å²) in [6, 6.07) is 6.24. The molecule has 2 rings (SSSR count). The van der Waals surface area contributed by atoms with Gasteiger partial charge in [-0.2, -0.15) is 0 Å². The van der Waals surface area contributed by atoms with E-state index in [4.69, 9.17) is 0 Å². The highest BCUT2D eigenvalue weighted by Gasteiger charge is 2.26. The summed E-state index contributed by atoms with van der Waals surface area (Å²) in [6.45, 7) is 12.9. The molecule has 0 spiro atoms. The molecular weight excluding hydrogens is 316 g/mol. The molecule has 0 radical (unpaired) electrons. The van der Waals surface area contributed by atoms with Crippen molar-refractivity contribution >= 4 is 21.6 Å². The van der Waals surface area contributed by atoms with Gasteiger partial charge in [-0.25, -0.2) is 0 Å². The molecule has 112 valence electrons. The van der Waals surface area contributed by atoms with Crippen LogP contribution in [0.3, 0.4) is 0 Å². The molecule has 1 saturated heterocycles. The molecule has 4 heteroatoms. The Morgan fingerprint density at radius 1 is 1.15 bits per heavy atom. The largest absolute Gasteiger partial charge is 0.389 e. The first kappa shape index (κ1) is 15.8. The fourth-order valence-electron chi connectivity index (χ4n) is 2.69. The van der Waals surface area contributed by atoms with E-state index in [0.29, 0.717) is 0 Å². The van der Waals surface area contributed by atoms with Crippen molar-refractivity contribution in [1.29, 1.82) is 0 Å². The molecular formula is C16H25BrN2O. The quantitative estimate of drug-likeness (QED) is 0.893. The molecule has 0 unspecified atom stereocenters. The second-order valence-corrected chi connectivity index (χ2v) is 7.38. The van der Waals surface area contributed by atoms with Crippen LogP contribution in [0.15, 0.2) is 22.7 Å². The standard InChI is InChI=1S/C16H25BrN2O/c1-12(20)14-6-5-13(11-15(14)17)18-7-9-19(10-8-18)16(2,3)4/h5-6,11-12,20H,7-10H2,1-4H3/t12-/m1/s1. The molecule has 1 fully saturated rings. The van der Waals surface area contributed by atoms with Gasteiger partial charge in [0.25, 0.3) is 0 Å². The van der Waals surface area contributed by atoms with Crippen molar-refractivity contribution in [2.75, 3.05) is 31.1 Å². The lowest BCUT2D eigenvalue weighted by Gasteiger charge is -2.43. The Bertz CT molecular complexity index is 460. The molecule has 1 aromatic rings. The number of aliphatic hydroxyl groups is 1. The third-order valence-electron chi connectivity index (χ3n) is 4.03. The lowest BCUT2D eigenvalue weighted by Crippen LogP contribution is -2.53. The van der Waals surface area contributed by atoms with Crippen LogP contribution in [0.5, 0.6) is 0 Å². The Kier molecular flexibility index (Phi) is 4.77. The van der Waals surface area contributed by atoms with Crippen molar-refractivity contribution in [2.45, 2.75) is 39.3 Å². The van der Waals surface area contributed by atoms with E-state index in [-0.39, 0.29) is 5.54 Å². The van der Waals surface area contributed by atoms with Gasteiger partial charge in [0.05, 0.1) is 6.10 Å². The Morgan fingerprint density at radius 3 is 2.20 bits per heavy atom. The first-order valence-corrected chi connectivity index (χ1v) is 8.06. The van der Waals surface area contributed by atoms with Crippen LogP contribution in [0.1, 0.15) is 39.4 Å². The minimum absolute atomic E-state index is 0.253. The molecule has 3 nitrogen and oxygen atoms in total. The van der Waals surface area contributed by atoms with Crippen LogP contribution in [0, 0.1) is 0 Å². The van der Waals surface area contributed by atoms with E-state index in [9.17, 15) is 5.11 Å². The summed E-state index contributed by atoms with van der Waals surface area (Å²) in [7, 11) is 0. The maximum absolute atomic E-state index is 9.68. The monoisotopic (exact) mass is 340 g/mol. The van der Waals surface area contributed by atoms with Gasteiger partial charge in [-0.15, -0.1) is 0 Å². The molecule has 1 atom stereocenters. The van der Waals surface area contributed by atoms with E-state index < -0.39 is 6.10 Å². The highest BCUT2D eigenvalue weighted by Crippen LogP contribution is 2.29. The zero-order valence-corrected chi connectivity index (χ0v) is 14.4. The highest BCUT2D eigenvalue weighted by atomic mass is 79.9. The number of piperazine rings is 1. The minimum atomic E-state index is -0.434. The molecule has 1 heterocycles. The predicted molar refractivity (Wildman–Crippen MR) is 88.3 cm³/mol. The lowest BCUT2D eigenvalue weighted by atomic mass is 10.0. The molecule has 1 aliphatic heterocycles. The van der Waals surface area contributed by atoms with Crippen molar-refractivity contribution in [3.8, 4) is 0 Å². The number of aliphatic hydroxyl groups excluding tert-OH is 1. The summed E-state index contributed by atoms with van der Waals surface area (Å²) >= 11 is 3.56. The Hall–Kier alpha value is -0.580. The fraction of sp³-hybridized carbons (Fsp3) is 0.625. The average molecular weight is 341 g/mol. The number of benzene rings is 1. The van der Waals surface area contributed by atoms with E-state index in [1.54, 1.807) is 6.92 Å². The molecule has 0 aromatic heterocycles. The van der Waals surface area contributed by atoms with Gasteiger partial charge in [-0.1, -0.05) is 22.0 Å². The zero-order valence-electron chi connectivity index (χ0n) is 12.9. The second-order valence-electron chi connectivity index (χ2n) is 6.53. The smallest absolute Gasteiger partial charge is 0.0772 e. The molecule has 0 amide bonds.